The van der Waals surface area contributed by atoms with E-state index in [1.165, 1.54) is 19.1 Å². The van der Waals surface area contributed by atoms with E-state index < -0.39 is 5.97 Å². The molecule has 0 unspecified atom stereocenters. The Kier molecular flexibility index (Phi) is 6.41. The molecule has 0 aliphatic rings. The topological polar surface area (TPSA) is 83.8 Å². The third-order valence-electron chi connectivity index (χ3n) is 3.76. The van der Waals surface area contributed by atoms with E-state index in [4.69, 9.17) is 9.84 Å². The van der Waals surface area contributed by atoms with Crippen molar-refractivity contribution in [2.24, 2.45) is 0 Å². The summed E-state index contributed by atoms with van der Waals surface area (Å²) in [5, 5.41) is 19.4. The predicted octanol–water partition coefficient (Wildman–Crippen LogP) is 4.43. The van der Waals surface area contributed by atoms with Gasteiger partial charge in [-0.15, -0.1) is 0 Å². The van der Waals surface area contributed by atoms with Gasteiger partial charge in [0.15, 0.2) is 5.78 Å². The molecule has 0 fully saturated rings. The summed E-state index contributed by atoms with van der Waals surface area (Å²) >= 11 is 2.01. The number of aromatic carboxylic acids is 1. The van der Waals surface area contributed by atoms with Crippen LogP contribution in [0.2, 0.25) is 0 Å². The van der Waals surface area contributed by atoms with Crippen molar-refractivity contribution >= 4 is 34.3 Å². The first-order valence-electron chi connectivity index (χ1n) is 7.85. The molecular formula is C19H19IO5. The molecule has 0 saturated carbocycles. The van der Waals surface area contributed by atoms with Crippen molar-refractivity contribution in [3.8, 4) is 11.5 Å². The van der Waals surface area contributed by atoms with Gasteiger partial charge in [-0.05, 0) is 59.7 Å². The Morgan fingerprint density at radius 3 is 2.36 bits per heavy atom. The van der Waals surface area contributed by atoms with E-state index in [2.05, 4.69) is 0 Å². The number of aromatic hydroxyl groups is 1. The minimum Gasteiger partial charge on any atom is -0.507 e. The van der Waals surface area contributed by atoms with Crippen molar-refractivity contribution in [3.05, 3.63) is 56.2 Å². The number of carbonyl (C=O) groups is 2. The molecule has 0 radical (unpaired) electrons. The smallest absolute Gasteiger partial charge is 0.335 e. The van der Waals surface area contributed by atoms with Gasteiger partial charge in [-0.1, -0.05) is 25.5 Å². The molecule has 0 atom stereocenters. The zero-order chi connectivity index (χ0) is 18.6. The third-order valence-corrected chi connectivity index (χ3v) is 4.61. The molecular weight excluding hydrogens is 435 g/mol. The number of phenolic OH excluding ortho intramolecular Hbond substituents is 1. The number of hydrogen-bond donors (Lipinski definition) is 2. The zero-order valence-corrected chi connectivity index (χ0v) is 16.2. The van der Waals surface area contributed by atoms with E-state index in [9.17, 15) is 14.7 Å². The lowest BCUT2D eigenvalue weighted by Crippen LogP contribution is -2.05. The van der Waals surface area contributed by atoms with Crippen molar-refractivity contribution in [3.63, 3.8) is 0 Å². The normalized spacial score (nSPS) is 10.5. The van der Waals surface area contributed by atoms with Gasteiger partial charge in [-0.3, -0.25) is 4.79 Å². The molecule has 0 aliphatic carbocycles. The van der Waals surface area contributed by atoms with Crippen molar-refractivity contribution in [1.82, 2.24) is 0 Å². The number of ketones is 1. The first kappa shape index (κ1) is 19.2. The standard InChI is InChI=1S/C19H19IO5/c1-3-4-14-16(9-15(20)17(11(2)21)18(14)22)25-10-12-5-7-13(8-6-12)19(23)24/h5-9,22H,3-4,10H2,1-2H3,(H,23,24). The van der Waals surface area contributed by atoms with Gasteiger partial charge < -0.3 is 14.9 Å². The predicted molar refractivity (Wildman–Crippen MR) is 103 cm³/mol. The van der Waals surface area contributed by atoms with E-state index in [0.717, 1.165) is 12.0 Å². The van der Waals surface area contributed by atoms with Gasteiger partial charge in [0.25, 0.3) is 0 Å². The number of Topliss-reactive ketones (excluding diaryl/α,β-unsaturated/α-hetero) is 1. The van der Waals surface area contributed by atoms with Crippen LogP contribution in [0.4, 0.5) is 0 Å². The summed E-state index contributed by atoms with van der Waals surface area (Å²) in [5.74, 6) is -0.638. The average molecular weight is 454 g/mol. The quantitative estimate of drug-likeness (QED) is 0.478. The van der Waals surface area contributed by atoms with Gasteiger partial charge in [0.05, 0.1) is 11.1 Å². The molecule has 0 spiro atoms. The Morgan fingerprint density at radius 2 is 1.84 bits per heavy atom. The lowest BCUT2D eigenvalue weighted by Gasteiger charge is -2.16. The van der Waals surface area contributed by atoms with Crippen LogP contribution >= 0.6 is 22.6 Å². The molecule has 5 nitrogen and oxygen atoms in total. The van der Waals surface area contributed by atoms with Gasteiger partial charge in [0.2, 0.25) is 0 Å². The molecule has 2 aromatic rings. The summed E-state index contributed by atoms with van der Waals surface area (Å²) < 4.78 is 6.49. The van der Waals surface area contributed by atoms with Crippen LogP contribution in [0, 0.1) is 3.57 Å². The highest BCUT2D eigenvalue weighted by atomic mass is 127. The number of benzene rings is 2. The lowest BCUT2D eigenvalue weighted by molar-refractivity contribution is 0.0696. The largest absolute Gasteiger partial charge is 0.507 e. The van der Waals surface area contributed by atoms with Crippen LogP contribution in [0.3, 0.4) is 0 Å². The third kappa shape index (κ3) is 4.50. The Hall–Kier alpha value is -2.09. The SMILES string of the molecule is CCCc1c(OCc2ccc(C(=O)O)cc2)cc(I)c(C(C)=O)c1O. The van der Waals surface area contributed by atoms with Gasteiger partial charge in [-0.2, -0.15) is 0 Å². The molecule has 0 aliphatic heterocycles. The Labute approximate surface area is 159 Å². The van der Waals surface area contributed by atoms with Gasteiger partial charge in [0.1, 0.15) is 18.1 Å². The number of ether oxygens (including phenoxy) is 1. The summed E-state index contributed by atoms with van der Waals surface area (Å²) in [4.78, 5) is 22.7. The molecule has 132 valence electrons. The number of carboxylic acid groups (broad SMARTS) is 1. The highest BCUT2D eigenvalue weighted by Crippen LogP contribution is 2.36. The maximum atomic E-state index is 11.8. The molecule has 0 bridgehead atoms. The molecule has 25 heavy (non-hydrogen) atoms. The van der Waals surface area contributed by atoms with Crippen LogP contribution in [0.15, 0.2) is 30.3 Å². The van der Waals surface area contributed by atoms with E-state index in [1.807, 2.05) is 29.5 Å². The van der Waals surface area contributed by atoms with Crippen molar-refractivity contribution in [2.45, 2.75) is 33.3 Å². The second-order valence-electron chi connectivity index (χ2n) is 5.66. The molecule has 0 saturated heterocycles. The lowest BCUT2D eigenvalue weighted by atomic mass is 10.0. The van der Waals surface area contributed by atoms with E-state index >= 15 is 0 Å². The summed E-state index contributed by atoms with van der Waals surface area (Å²) in [6, 6.07) is 8.19. The fourth-order valence-corrected chi connectivity index (χ4v) is 3.43. The Morgan fingerprint density at radius 1 is 1.20 bits per heavy atom. The fraction of sp³-hybridized carbons (Fsp3) is 0.263. The number of carbonyl (C=O) groups excluding carboxylic acids is 1. The Bertz CT molecular complexity index is 796. The Balaban J connectivity index is 2.29. The van der Waals surface area contributed by atoms with Gasteiger partial charge in [-0.25, -0.2) is 4.79 Å². The van der Waals surface area contributed by atoms with Crippen LogP contribution < -0.4 is 4.74 Å². The highest BCUT2D eigenvalue weighted by Gasteiger charge is 2.20. The zero-order valence-electron chi connectivity index (χ0n) is 14.0. The minimum atomic E-state index is -0.975. The minimum absolute atomic E-state index is 0.0162. The van der Waals surface area contributed by atoms with Gasteiger partial charge in [0, 0.05) is 9.13 Å². The first-order valence-corrected chi connectivity index (χ1v) is 8.93. The van der Waals surface area contributed by atoms with E-state index in [0.29, 0.717) is 26.9 Å². The number of phenols is 1. The maximum absolute atomic E-state index is 11.8. The monoisotopic (exact) mass is 454 g/mol. The van der Waals surface area contributed by atoms with Crippen LogP contribution in [-0.4, -0.2) is 22.0 Å². The average Bonchev–Trinajstić information content (AvgIpc) is 2.55. The highest BCUT2D eigenvalue weighted by molar-refractivity contribution is 14.1. The molecule has 6 heteroatoms. The molecule has 0 heterocycles. The van der Waals surface area contributed by atoms with Crippen molar-refractivity contribution in [2.75, 3.05) is 0 Å². The molecule has 2 rings (SSSR count). The van der Waals surface area contributed by atoms with E-state index in [1.54, 1.807) is 18.2 Å². The van der Waals surface area contributed by atoms with E-state index in [-0.39, 0.29) is 23.7 Å². The first-order chi connectivity index (χ1) is 11.8. The molecule has 0 amide bonds. The van der Waals surface area contributed by atoms with Crippen LogP contribution in [0.25, 0.3) is 0 Å². The maximum Gasteiger partial charge on any atom is 0.335 e. The number of carboxylic acids is 1. The summed E-state index contributed by atoms with van der Waals surface area (Å²) in [6.07, 6.45) is 1.39. The fourth-order valence-electron chi connectivity index (χ4n) is 2.51. The number of hydrogen-bond acceptors (Lipinski definition) is 4. The second-order valence-corrected chi connectivity index (χ2v) is 6.82. The van der Waals surface area contributed by atoms with Crippen molar-refractivity contribution in [1.29, 1.82) is 0 Å². The van der Waals surface area contributed by atoms with Crippen LogP contribution in [-0.2, 0) is 13.0 Å². The van der Waals surface area contributed by atoms with Crippen molar-refractivity contribution < 1.29 is 24.5 Å². The molecule has 0 aromatic heterocycles. The summed E-state index contributed by atoms with van der Waals surface area (Å²) in [6.45, 7) is 3.66. The second kappa shape index (κ2) is 8.33. The molecule has 2 N–H and O–H groups in total. The summed E-state index contributed by atoms with van der Waals surface area (Å²) in [5.41, 5.74) is 1.98. The van der Waals surface area contributed by atoms with Crippen LogP contribution in [0.1, 0.15) is 52.1 Å². The van der Waals surface area contributed by atoms with Crippen LogP contribution in [0.5, 0.6) is 11.5 Å². The number of rotatable bonds is 7. The summed E-state index contributed by atoms with van der Waals surface area (Å²) in [7, 11) is 0. The molecule has 2 aromatic carbocycles. The number of halogens is 1. The van der Waals surface area contributed by atoms with Gasteiger partial charge >= 0.3 is 5.97 Å².